The molecule has 1 atom stereocenters. The van der Waals surface area contributed by atoms with Gasteiger partial charge in [-0.25, -0.2) is 0 Å². The molecule has 102 valence electrons. The Hall–Kier alpha value is -1.15. The summed E-state index contributed by atoms with van der Waals surface area (Å²) in [4.78, 5) is 12.8. The summed E-state index contributed by atoms with van der Waals surface area (Å²) < 4.78 is 0. The summed E-state index contributed by atoms with van der Waals surface area (Å²) in [6.45, 7) is 3.97. The van der Waals surface area contributed by atoms with Gasteiger partial charge in [-0.3, -0.25) is 4.79 Å². The molecule has 2 aliphatic rings. The predicted octanol–water partition coefficient (Wildman–Crippen LogP) is 3.53. The van der Waals surface area contributed by atoms with E-state index in [1.807, 2.05) is 6.07 Å². The third kappa shape index (κ3) is 2.46. The first-order chi connectivity index (χ1) is 9.19. The largest absolute Gasteiger partial charge is 0.316 e. The van der Waals surface area contributed by atoms with E-state index in [1.54, 1.807) is 0 Å². The van der Waals surface area contributed by atoms with Crippen molar-refractivity contribution in [3.8, 4) is 0 Å². The Morgan fingerprint density at radius 2 is 2.16 bits per heavy atom. The van der Waals surface area contributed by atoms with Crippen LogP contribution in [0.3, 0.4) is 0 Å². The van der Waals surface area contributed by atoms with E-state index in [-0.39, 0.29) is 5.41 Å². The minimum Gasteiger partial charge on any atom is -0.316 e. The fraction of sp³-hybridized carbons (Fsp3) is 0.588. The maximum absolute atomic E-state index is 12.8. The number of piperidine rings is 1. The fourth-order valence-electron chi connectivity index (χ4n) is 3.27. The zero-order valence-electron chi connectivity index (χ0n) is 11.7. The van der Waals surface area contributed by atoms with Crippen LogP contribution in [0.5, 0.6) is 0 Å². The Balaban J connectivity index is 1.82. The number of Topliss-reactive ketones (excluding diaryl/α,β-unsaturated/α-hetero) is 1. The van der Waals surface area contributed by atoms with Gasteiger partial charge in [0.15, 0.2) is 5.78 Å². The summed E-state index contributed by atoms with van der Waals surface area (Å²) in [6, 6.07) is 8.37. The summed E-state index contributed by atoms with van der Waals surface area (Å²) >= 11 is 0. The zero-order valence-corrected chi connectivity index (χ0v) is 11.7. The van der Waals surface area contributed by atoms with Gasteiger partial charge in [-0.15, -0.1) is 0 Å². The van der Waals surface area contributed by atoms with Gasteiger partial charge in [0.25, 0.3) is 0 Å². The van der Waals surface area contributed by atoms with E-state index < -0.39 is 0 Å². The molecule has 1 N–H and O–H groups in total. The Labute approximate surface area is 115 Å². The number of carbonyl (C=O) groups is 1. The third-order valence-electron chi connectivity index (χ3n) is 4.87. The van der Waals surface area contributed by atoms with Crippen LogP contribution in [0.15, 0.2) is 24.3 Å². The molecule has 1 saturated carbocycles. The highest BCUT2D eigenvalue weighted by atomic mass is 16.1. The van der Waals surface area contributed by atoms with Crippen LogP contribution < -0.4 is 5.32 Å². The summed E-state index contributed by atoms with van der Waals surface area (Å²) in [5.41, 5.74) is 2.07. The fourth-order valence-corrected chi connectivity index (χ4v) is 3.27. The number of hydrogen-bond donors (Lipinski definition) is 1. The first-order valence-electron chi connectivity index (χ1n) is 7.54. The van der Waals surface area contributed by atoms with Crippen molar-refractivity contribution in [2.45, 2.75) is 44.9 Å². The van der Waals surface area contributed by atoms with Crippen molar-refractivity contribution in [1.82, 2.24) is 5.32 Å². The quantitative estimate of drug-likeness (QED) is 0.839. The molecule has 2 heteroatoms. The van der Waals surface area contributed by atoms with E-state index in [0.717, 1.165) is 31.5 Å². The second kappa shape index (κ2) is 5.09. The number of benzene rings is 1. The van der Waals surface area contributed by atoms with Gasteiger partial charge in [0.1, 0.15) is 0 Å². The van der Waals surface area contributed by atoms with Crippen molar-refractivity contribution in [2.75, 3.05) is 13.1 Å². The van der Waals surface area contributed by atoms with Crippen molar-refractivity contribution >= 4 is 5.78 Å². The van der Waals surface area contributed by atoms with Gasteiger partial charge in [-0.1, -0.05) is 31.5 Å². The molecule has 0 spiro atoms. The lowest BCUT2D eigenvalue weighted by atomic mass is 9.75. The van der Waals surface area contributed by atoms with Crippen LogP contribution in [0.2, 0.25) is 0 Å². The van der Waals surface area contributed by atoms with Gasteiger partial charge >= 0.3 is 0 Å². The van der Waals surface area contributed by atoms with Crippen LogP contribution in [0.4, 0.5) is 0 Å². The Bertz CT molecular complexity index is 470. The van der Waals surface area contributed by atoms with Crippen molar-refractivity contribution in [3.63, 3.8) is 0 Å². The summed E-state index contributed by atoms with van der Waals surface area (Å²) in [7, 11) is 0. The van der Waals surface area contributed by atoms with Gasteiger partial charge in [-0.2, -0.15) is 0 Å². The lowest BCUT2D eigenvalue weighted by molar-refractivity contribution is 0.0773. The van der Waals surface area contributed by atoms with Gasteiger partial charge < -0.3 is 5.32 Å². The van der Waals surface area contributed by atoms with Crippen molar-refractivity contribution in [3.05, 3.63) is 35.4 Å². The molecule has 2 fully saturated rings. The molecule has 3 rings (SSSR count). The molecule has 1 aliphatic heterocycles. The Morgan fingerprint density at radius 1 is 1.32 bits per heavy atom. The lowest BCUT2D eigenvalue weighted by Gasteiger charge is -2.33. The second-order valence-electron chi connectivity index (χ2n) is 6.42. The molecule has 1 unspecified atom stereocenters. The number of carbonyl (C=O) groups excluding carboxylic acids is 1. The molecule has 2 nitrogen and oxygen atoms in total. The van der Waals surface area contributed by atoms with Gasteiger partial charge in [0, 0.05) is 17.5 Å². The minimum absolute atomic E-state index is 0.212. The zero-order chi connectivity index (χ0) is 13.3. The lowest BCUT2D eigenvalue weighted by Crippen LogP contribution is -2.43. The van der Waals surface area contributed by atoms with Crippen LogP contribution in [-0.4, -0.2) is 18.9 Å². The number of hydrogen-bond acceptors (Lipinski definition) is 2. The number of ketones is 1. The predicted molar refractivity (Wildman–Crippen MR) is 77.6 cm³/mol. The first-order valence-corrected chi connectivity index (χ1v) is 7.54. The molecule has 0 radical (unpaired) electrons. The SMILES string of the molecule is CC1(C(=O)c2cccc(C3CCC3)c2)CCCNC1. The van der Waals surface area contributed by atoms with Gasteiger partial charge in [0.05, 0.1) is 0 Å². The van der Waals surface area contributed by atoms with Crippen LogP contribution in [-0.2, 0) is 0 Å². The molecule has 0 amide bonds. The molecular weight excluding hydrogens is 234 g/mol. The first kappa shape index (κ1) is 12.9. The van der Waals surface area contributed by atoms with Crippen LogP contribution in [0.1, 0.15) is 60.9 Å². The molecule has 19 heavy (non-hydrogen) atoms. The second-order valence-corrected chi connectivity index (χ2v) is 6.42. The maximum atomic E-state index is 12.8. The average Bonchev–Trinajstić information content (AvgIpc) is 2.37. The molecule has 1 saturated heterocycles. The average molecular weight is 257 g/mol. The van der Waals surface area contributed by atoms with Crippen LogP contribution in [0, 0.1) is 5.41 Å². The van der Waals surface area contributed by atoms with E-state index in [1.165, 1.54) is 24.8 Å². The Morgan fingerprint density at radius 3 is 2.79 bits per heavy atom. The normalized spacial score (nSPS) is 27.8. The van der Waals surface area contributed by atoms with Crippen LogP contribution >= 0.6 is 0 Å². The number of nitrogens with one attached hydrogen (secondary N) is 1. The van der Waals surface area contributed by atoms with E-state index in [2.05, 4.69) is 30.4 Å². The highest BCUT2D eigenvalue weighted by molar-refractivity contribution is 6.00. The van der Waals surface area contributed by atoms with Gasteiger partial charge in [-0.05, 0) is 49.8 Å². The summed E-state index contributed by atoms with van der Waals surface area (Å²) in [6.07, 6.45) is 6.02. The molecule has 1 heterocycles. The molecule has 0 bridgehead atoms. The van der Waals surface area contributed by atoms with E-state index >= 15 is 0 Å². The number of rotatable bonds is 3. The van der Waals surface area contributed by atoms with E-state index in [9.17, 15) is 4.79 Å². The minimum atomic E-state index is -0.212. The van der Waals surface area contributed by atoms with Crippen LogP contribution in [0.25, 0.3) is 0 Å². The summed E-state index contributed by atoms with van der Waals surface area (Å²) in [5.74, 6) is 1.02. The molecular formula is C17H23NO. The van der Waals surface area contributed by atoms with Crippen molar-refractivity contribution < 1.29 is 4.79 Å². The topological polar surface area (TPSA) is 29.1 Å². The maximum Gasteiger partial charge on any atom is 0.170 e. The molecule has 0 aromatic heterocycles. The highest BCUT2D eigenvalue weighted by Crippen LogP contribution is 2.37. The van der Waals surface area contributed by atoms with E-state index in [0.29, 0.717) is 11.7 Å². The van der Waals surface area contributed by atoms with Crippen molar-refractivity contribution in [1.29, 1.82) is 0 Å². The molecule has 1 aromatic carbocycles. The standard InChI is InChI=1S/C17H23NO/c1-17(9-4-10-18-12-17)16(19)15-8-3-7-14(11-15)13-5-2-6-13/h3,7-8,11,13,18H,2,4-6,9-10,12H2,1H3. The third-order valence-corrected chi connectivity index (χ3v) is 4.87. The molecule has 1 aromatic rings. The molecule has 1 aliphatic carbocycles. The van der Waals surface area contributed by atoms with E-state index in [4.69, 9.17) is 0 Å². The highest BCUT2D eigenvalue weighted by Gasteiger charge is 2.35. The van der Waals surface area contributed by atoms with Gasteiger partial charge in [0.2, 0.25) is 0 Å². The summed E-state index contributed by atoms with van der Waals surface area (Å²) in [5, 5.41) is 3.36. The smallest absolute Gasteiger partial charge is 0.170 e. The monoisotopic (exact) mass is 257 g/mol. The van der Waals surface area contributed by atoms with Crippen molar-refractivity contribution in [2.24, 2.45) is 5.41 Å². The Kier molecular flexibility index (Phi) is 3.44.